The summed E-state index contributed by atoms with van der Waals surface area (Å²) >= 11 is 0. The van der Waals surface area contributed by atoms with Crippen LogP contribution in [0.5, 0.6) is 11.5 Å². The van der Waals surface area contributed by atoms with E-state index >= 15 is 4.79 Å². The number of rotatable bonds is 25. The number of nitrogens with one attached hydrogen (secondary N) is 1. The molecule has 0 radical (unpaired) electrons. The highest BCUT2D eigenvalue weighted by Crippen LogP contribution is 2.70. The van der Waals surface area contributed by atoms with Gasteiger partial charge in [0.15, 0.2) is 24.3 Å². The third-order valence-corrected chi connectivity index (χ3v) is 18.2. The quantitative estimate of drug-likeness (QED) is 0.0303. The third kappa shape index (κ3) is 12.3. The van der Waals surface area contributed by atoms with Crippen molar-refractivity contribution >= 4 is 25.4 Å². The number of ether oxygens (including phenoxy) is 5. The van der Waals surface area contributed by atoms with Crippen molar-refractivity contribution in [1.82, 2.24) is 5.32 Å². The Hall–Kier alpha value is -4.54. The van der Waals surface area contributed by atoms with Crippen molar-refractivity contribution in [2.45, 2.75) is 153 Å². The number of benzene rings is 3. The lowest BCUT2D eigenvalue weighted by Crippen LogP contribution is -2.63. The average Bonchev–Trinajstić information content (AvgIpc) is 4.10. The van der Waals surface area contributed by atoms with Crippen molar-refractivity contribution < 1.29 is 67.2 Å². The van der Waals surface area contributed by atoms with Crippen molar-refractivity contribution in [3.8, 4) is 11.5 Å². The van der Waals surface area contributed by atoms with E-state index in [1.807, 2.05) is 19.1 Å². The minimum atomic E-state index is -5.01. The first kappa shape index (κ1) is 56.2. The lowest BCUT2D eigenvalue weighted by molar-refractivity contribution is -0.209. The maximum Gasteiger partial charge on any atom is 0.524 e. The van der Waals surface area contributed by atoms with Crippen molar-refractivity contribution in [3.63, 3.8) is 0 Å². The Bertz CT molecular complexity index is 2610. The van der Waals surface area contributed by atoms with Gasteiger partial charge in [0.25, 0.3) is 0 Å². The number of aryl methyl sites for hydroxylation is 1. The number of phosphoric ester groups is 1. The van der Waals surface area contributed by atoms with E-state index in [-0.39, 0.29) is 71.7 Å². The number of para-hydroxylation sites is 1. The first-order valence-corrected chi connectivity index (χ1v) is 29.4. The molecule has 9 rings (SSSR count). The molecule has 4 saturated carbocycles. The summed E-state index contributed by atoms with van der Waals surface area (Å²) in [6.45, 7) is 5.67. The van der Waals surface area contributed by atoms with Gasteiger partial charge in [-0.2, -0.15) is 0 Å². The van der Waals surface area contributed by atoms with Crippen LogP contribution in [0.1, 0.15) is 143 Å². The van der Waals surface area contributed by atoms with Crippen molar-refractivity contribution in [3.05, 3.63) is 119 Å². The zero-order valence-electron chi connectivity index (χ0n) is 44.2. The molecule has 1 aliphatic heterocycles. The summed E-state index contributed by atoms with van der Waals surface area (Å²) in [6, 6.07) is 21.3. The second kappa shape index (κ2) is 24.6. The number of hydrogen-bond donors (Lipinski definition) is 5. The molecule has 3 aromatic rings. The highest BCUT2D eigenvalue weighted by atomic mass is 31.2. The first-order chi connectivity index (χ1) is 36.6. The van der Waals surface area contributed by atoms with Crippen LogP contribution < -0.4 is 14.6 Å². The normalized spacial score (nSPS) is 29.4. The number of carbonyl (C=O) groups is 3. The minimum absolute atomic E-state index is 0.0118. The molecule has 0 spiro atoms. The Kier molecular flexibility index (Phi) is 18.2. The van der Waals surface area contributed by atoms with Crippen LogP contribution in [0.2, 0.25) is 0 Å². The number of hydrogen-bond acceptors (Lipinski definition) is 13. The van der Waals surface area contributed by atoms with Gasteiger partial charge < -0.3 is 43.7 Å². The van der Waals surface area contributed by atoms with E-state index in [1.165, 1.54) is 23.8 Å². The van der Waals surface area contributed by atoms with Gasteiger partial charge in [-0.1, -0.05) is 106 Å². The maximum absolute atomic E-state index is 15.2. The molecule has 5 N–H and O–H groups in total. The largest absolute Gasteiger partial charge is 0.524 e. The van der Waals surface area contributed by atoms with Crippen LogP contribution >= 0.6 is 7.82 Å². The van der Waals surface area contributed by atoms with Crippen molar-refractivity contribution in [2.75, 3.05) is 32.9 Å². The SMILES string of the molecule is C[C@]12C=CC(=O)C=C1CCC1C2[C@@H](O)C[C@@]2(C)C1C[C@@H]1O[C@@H](C3CCCCC3)O[C@]12C(=O)COC(=O)c1ccccc1OCc1cc(C(O)CNCCCCCCOCCCCc2ccccc2)ccc1OP(=O)(O)O. The second-order valence-electron chi connectivity index (χ2n) is 22.6. The molecule has 15 nitrogen and oxygen atoms in total. The number of aliphatic hydroxyl groups is 2. The number of fused-ring (bicyclic) bond motifs is 7. The van der Waals surface area contributed by atoms with Crippen LogP contribution in [-0.4, -0.2) is 94.5 Å². The maximum atomic E-state index is 15.2. The molecule has 0 aromatic heterocycles. The number of esters is 1. The lowest BCUT2D eigenvalue weighted by Gasteiger charge is -2.59. The predicted octanol–water partition coefficient (Wildman–Crippen LogP) is 9.64. The number of phosphoric acid groups is 1. The van der Waals surface area contributed by atoms with Gasteiger partial charge in [-0.3, -0.25) is 19.4 Å². The molecule has 10 atom stereocenters. The molecule has 3 aromatic carbocycles. The predicted molar refractivity (Wildman–Crippen MR) is 284 cm³/mol. The van der Waals surface area contributed by atoms with Crippen LogP contribution in [0.15, 0.2) is 96.6 Å². The topological polar surface area (TPSA) is 217 Å². The van der Waals surface area contributed by atoms with E-state index in [2.05, 4.69) is 36.5 Å². The van der Waals surface area contributed by atoms with Gasteiger partial charge in [0.1, 0.15) is 23.7 Å². The van der Waals surface area contributed by atoms with Gasteiger partial charge in [-0.05, 0) is 137 Å². The number of allylic oxidation sites excluding steroid dienone is 4. The molecule has 1 heterocycles. The summed E-state index contributed by atoms with van der Waals surface area (Å²) < 4.78 is 48.8. The standard InChI is InChI=1S/C60H78NO14P/c1-58-29-28-45(62)34-44(58)25-26-46-48-35-54-60(59(48,2)36-49(63)55(46)58,74-57(73-54)41-20-9-6-10-21-41)53(65)39-72-56(66)47-22-11-12-23-52(47)71-38-43-33-42(24-27-51(43)75-76(67,68)69)50(64)37-61-30-14-3-4-15-31-70-32-16-13-19-40-17-7-5-8-18-40/h5,7-8,11-12,17-18,22-24,27-29,33-34,41,46,48-50,54-55,57,61,63-64H,3-4,6,9-10,13-16,19-21,25-26,30-32,35-39H2,1-2H3,(H2,67,68,69)/t46?,48?,49-,50?,54-,55?,57+,58-,59-,60+/m0/s1. The van der Waals surface area contributed by atoms with Crippen LogP contribution in [0.3, 0.4) is 0 Å². The van der Waals surface area contributed by atoms with E-state index in [0.29, 0.717) is 24.9 Å². The first-order valence-electron chi connectivity index (χ1n) is 27.9. The molecule has 0 amide bonds. The fourth-order valence-corrected chi connectivity index (χ4v) is 14.5. The van der Waals surface area contributed by atoms with Gasteiger partial charge in [0, 0.05) is 48.0 Å². The molecular weight excluding hydrogens is 990 g/mol. The summed E-state index contributed by atoms with van der Waals surface area (Å²) in [7, 11) is -5.01. The molecule has 16 heteroatoms. The average molecular weight is 1070 g/mol. The molecule has 0 bridgehead atoms. The third-order valence-electron chi connectivity index (χ3n) is 17.8. The fourth-order valence-electron chi connectivity index (χ4n) is 14.0. The zero-order valence-corrected chi connectivity index (χ0v) is 45.0. The number of carbonyl (C=O) groups excluding carboxylic acids is 3. The smallest absolute Gasteiger partial charge is 0.488 e. The van der Waals surface area contributed by atoms with Crippen LogP contribution in [0.25, 0.3) is 0 Å². The zero-order chi connectivity index (χ0) is 53.5. The van der Waals surface area contributed by atoms with E-state index in [9.17, 15) is 34.2 Å². The highest BCUT2D eigenvalue weighted by molar-refractivity contribution is 7.46. The summed E-state index contributed by atoms with van der Waals surface area (Å²) in [4.78, 5) is 61.3. The van der Waals surface area contributed by atoms with Crippen LogP contribution in [0.4, 0.5) is 0 Å². The Morgan fingerprint density at radius 2 is 1.64 bits per heavy atom. The monoisotopic (exact) mass is 1070 g/mol. The molecule has 5 aliphatic carbocycles. The van der Waals surface area contributed by atoms with Gasteiger partial charge in [-0.15, -0.1) is 0 Å². The van der Waals surface area contributed by atoms with E-state index in [1.54, 1.807) is 36.4 Å². The van der Waals surface area contributed by atoms with Crippen LogP contribution in [-0.2, 0) is 46.1 Å². The van der Waals surface area contributed by atoms with E-state index in [4.69, 9.17) is 28.2 Å². The molecule has 1 saturated heterocycles. The summed E-state index contributed by atoms with van der Waals surface area (Å²) in [5, 5.41) is 26.7. The molecule has 6 aliphatic rings. The number of Topliss-reactive ketones (excluding diaryl/α,β-unsaturated/α-hetero) is 1. The van der Waals surface area contributed by atoms with Gasteiger partial charge >= 0.3 is 13.8 Å². The molecule has 412 valence electrons. The van der Waals surface area contributed by atoms with Gasteiger partial charge in [0.05, 0.1) is 18.3 Å². The summed E-state index contributed by atoms with van der Waals surface area (Å²) in [5.41, 5.74) is 0.224. The lowest BCUT2D eigenvalue weighted by atomic mass is 9.46. The molecule has 5 fully saturated rings. The van der Waals surface area contributed by atoms with E-state index < -0.39 is 67.2 Å². The van der Waals surface area contributed by atoms with E-state index in [0.717, 1.165) is 102 Å². The highest BCUT2D eigenvalue weighted by Gasteiger charge is 2.76. The number of unbranched alkanes of at least 4 members (excludes halogenated alkanes) is 4. The van der Waals surface area contributed by atoms with Gasteiger partial charge in [-0.25, -0.2) is 9.36 Å². The molecule has 4 unspecified atom stereocenters. The summed E-state index contributed by atoms with van der Waals surface area (Å²) in [6.07, 6.45) is 16.8. The van der Waals surface area contributed by atoms with Crippen molar-refractivity contribution in [2.24, 2.45) is 34.5 Å². The number of aliphatic hydroxyl groups excluding tert-OH is 2. The fraction of sp³-hybridized carbons (Fsp3) is 0.583. The Balaban J connectivity index is 0.808. The Morgan fingerprint density at radius 3 is 2.43 bits per heavy atom. The second-order valence-corrected chi connectivity index (χ2v) is 23.8. The van der Waals surface area contributed by atoms with Gasteiger partial charge in [0.2, 0.25) is 5.78 Å². The number of ketones is 2. The Morgan fingerprint density at radius 1 is 0.895 bits per heavy atom. The molecular formula is C60H78NO14P. The Labute approximate surface area is 447 Å². The van der Waals surface area contributed by atoms with Crippen LogP contribution in [0, 0.1) is 34.5 Å². The minimum Gasteiger partial charge on any atom is -0.488 e. The molecule has 76 heavy (non-hydrogen) atoms. The summed E-state index contributed by atoms with van der Waals surface area (Å²) in [5.74, 6) is -1.46. The van der Waals surface area contributed by atoms with Crippen molar-refractivity contribution in [1.29, 1.82) is 0 Å².